The zero-order valence-corrected chi connectivity index (χ0v) is 30.0. The summed E-state index contributed by atoms with van der Waals surface area (Å²) in [6, 6.07) is 63.5. The van der Waals surface area contributed by atoms with Gasteiger partial charge in [0, 0.05) is 38.6 Å². The van der Waals surface area contributed by atoms with Crippen molar-refractivity contribution >= 4 is 71.6 Å². The van der Waals surface area contributed by atoms with E-state index in [1.807, 2.05) is 6.07 Å². The van der Waals surface area contributed by atoms with Crippen molar-refractivity contribution < 1.29 is 4.42 Å². The van der Waals surface area contributed by atoms with Gasteiger partial charge in [-0.05, 0) is 102 Å². The number of anilines is 3. The van der Waals surface area contributed by atoms with Gasteiger partial charge < -0.3 is 13.9 Å². The Balaban J connectivity index is 1.21. The Kier molecular flexibility index (Phi) is 7.06. The summed E-state index contributed by atoms with van der Waals surface area (Å²) in [5, 5.41) is 7.22. The third-order valence-electron chi connectivity index (χ3n) is 10.6. The molecule has 10 rings (SSSR count). The maximum atomic E-state index is 6.43. The van der Waals surface area contributed by atoms with Crippen LogP contribution in [-0.2, 0) is 5.54 Å². The molecule has 2 heterocycles. The van der Waals surface area contributed by atoms with Gasteiger partial charge in [-0.1, -0.05) is 127 Å². The lowest BCUT2D eigenvalue weighted by Gasteiger charge is -2.28. The number of nitrogens with zero attached hydrogens (tertiary/aromatic N) is 2. The van der Waals surface area contributed by atoms with Gasteiger partial charge in [0.15, 0.2) is 0 Å². The first kappa shape index (κ1) is 31.2. The van der Waals surface area contributed by atoms with Crippen LogP contribution in [0.2, 0.25) is 0 Å². The Labute approximate surface area is 309 Å². The molecule has 0 aliphatic carbocycles. The lowest BCUT2D eigenvalue weighted by atomic mass is 9.90. The number of fused-ring (bicyclic) bond motifs is 7. The van der Waals surface area contributed by atoms with E-state index >= 15 is 0 Å². The van der Waals surface area contributed by atoms with Gasteiger partial charge in [-0.25, -0.2) is 0 Å². The highest BCUT2D eigenvalue weighted by molar-refractivity contribution is 6.14. The molecule has 10 aromatic rings. The summed E-state index contributed by atoms with van der Waals surface area (Å²) in [4.78, 5) is 2.40. The maximum absolute atomic E-state index is 6.43. The summed E-state index contributed by atoms with van der Waals surface area (Å²) in [7, 11) is 0. The average Bonchev–Trinajstić information content (AvgIpc) is 3.74. The van der Waals surface area contributed by atoms with Crippen molar-refractivity contribution in [2.24, 2.45) is 0 Å². The maximum Gasteiger partial charge on any atom is 0.137 e. The monoisotopic (exact) mass is 682 g/mol. The molecular formula is C50H38N2O. The van der Waals surface area contributed by atoms with E-state index in [-0.39, 0.29) is 5.54 Å². The molecule has 3 nitrogen and oxygen atoms in total. The summed E-state index contributed by atoms with van der Waals surface area (Å²) in [6.07, 6.45) is 0. The van der Waals surface area contributed by atoms with Crippen LogP contribution in [0.4, 0.5) is 17.1 Å². The van der Waals surface area contributed by atoms with Crippen molar-refractivity contribution in [3.8, 4) is 22.3 Å². The van der Waals surface area contributed by atoms with Crippen LogP contribution in [0.5, 0.6) is 0 Å². The molecule has 0 aliphatic heterocycles. The molecule has 0 N–H and O–H groups in total. The first-order chi connectivity index (χ1) is 25.9. The van der Waals surface area contributed by atoms with Crippen LogP contribution in [0.15, 0.2) is 180 Å². The molecule has 0 atom stereocenters. The second-order valence-electron chi connectivity index (χ2n) is 14.9. The highest BCUT2D eigenvalue weighted by atomic mass is 16.3. The van der Waals surface area contributed by atoms with Crippen molar-refractivity contribution in [1.82, 2.24) is 4.57 Å². The molecule has 0 fully saturated rings. The van der Waals surface area contributed by atoms with E-state index in [2.05, 4.69) is 200 Å². The van der Waals surface area contributed by atoms with E-state index < -0.39 is 0 Å². The molecule has 0 unspecified atom stereocenters. The van der Waals surface area contributed by atoms with Crippen LogP contribution < -0.4 is 4.90 Å². The fourth-order valence-corrected chi connectivity index (χ4v) is 8.41. The molecular weight excluding hydrogens is 645 g/mol. The number of hydrogen-bond acceptors (Lipinski definition) is 2. The van der Waals surface area contributed by atoms with Crippen LogP contribution in [-0.4, -0.2) is 4.57 Å². The minimum atomic E-state index is -0.121. The van der Waals surface area contributed by atoms with Gasteiger partial charge in [0.25, 0.3) is 0 Å². The number of rotatable bonds is 5. The van der Waals surface area contributed by atoms with Crippen molar-refractivity contribution in [3.63, 3.8) is 0 Å². The number of aromatic nitrogens is 1. The minimum absolute atomic E-state index is 0.121. The first-order valence-corrected chi connectivity index (χ1v) is 18.4. The quantitative estimate of drug-likeness (QED) is 0.180. The summed E-state index contributed by atoms with van der Waals surface area (Å²) < 4.78 is 8.91. The number of para-hydroxylation sites is 2. The molecule has 2 aromatic heterocycles. The highest BCUT2D eigenvalue weighted by Gasteiger charge is 2.24. The van der Waals surface area contributed by atoms with Crippen LogP contribution in [0.1, 0.15) is 20.8 Å². The topological polar surface area (TPSA) is 21.3 Å². The molecule has 0 aliphatic rings. The molecule has 8 aromatic carbocycles. The van der Waals surface area contributed by atoms with E-state index in [0.717, 1.165) is 39.0 Å². The zero-order chi connectivity index (χ0) is 35.7. The SMILES string of the molecule is CC(C)(C)n1c2ccccc2c2ccc(N(c3ccc(-c4ccc5ccccc5c4-c4ccccc4)cc3)c3cccc4oc5ccccc5c34)cc21. The minimum Gasteiger partial charge on any atom is -0.456 e. The van der Waals surface area contributed by atoms with Gasteiger partial charge in [-0.2, -0.15) is 0 Å². The van der Waals surface area contributed by atoms with Crippen LogP contribution in [0, 0.1) is 0 Å². The van der Waals surface area contributed by atoms with Crippen molar-refractivity contribution in [2.45, 2.75) is 26.3 Å². The molecule has 3 heteroatoms. The van der Waals surface area contributed by atoms with Crippen LogP contribution >= 0.6 is 0 Å². The molecule has 0 amide bonds. The molecule has 0 spiro atoms. The first-order valence-electron chi connectivity index (χ1n) is 18.4. The Morgan fingerprint density at radius 3 is 1.94 bits per heavy atom. The van der Waals surface area contributed by atoms with Gasteiger partial charge in [0.1, 0.15) is 11.2 Å². The van der Waals surface area contributed by atoms with Gasteiger partial charge in [-0.3, -0.25) is 0 Å². The molecule has 254 valence electrons. The third-order valence-corrected chi connectivity index (χ3v) is 10.6. The Hall–Kier alpha value is -6.58. The van der Waals surface area contributed by atoms with Crippen LogP contribution in [0.25, 0.3) is 76.8 Å². The lowest BCUT2D eigenvalue weighted by molar-refractivity contribution is 0.423. The van der Waals surface area contributed by atoms with Crippen molar-refractivity contribution in [1.29, 1.82) is 0 Å². The summed E-state index contributed by atoms with van der Waals surface area (Å²) >= 11 is 0. The van der Waals surface area contributed by atoms with E-state index in [0.29, 0.717) is 0 Å². The fourth-order valence-electron chi connectivity index (χ4n) is 8.41. The van der Waals surface area contributed by atoms with Gasteiger partial charge >= 0.3 is 0 Å². The zero-order valence-electron chi connectivity index (χ0n) is 30.0. The number of benzene rings is 8. The molecule has 0 saturated carbocycles. The normalized spacial score (nSPS) is 12.1. The molecule has 53 heavy (non-hydrogen) atoms. The van der Waals surface area contributed by atoms with E-state index in [9.17, 15) is 0 Å². The van der Waals surface area contributed by atoms with Crippen molar-refractivity contribution in [2.75, 3.05) is 4.90 Å². The van der Waals surface area contributed by atoms with Gasteiger partial charge in [-0.15, -0.1) is 0 Å². The smallest absolute Gasteiger partial charge is 0.137 e. The van der Waals surface area contributed by atoms with Gasteiger partial charge in [0.05, 0.1) is 16.6 Å². The Morgan fingerprint density at radius 1 is 0.472 bits per heavy atom. The Morgan fingerprint density at radius 2 is 1.13 bits per heavy atom. The van der Waals surface area contributed by atoms with Crippen molar-refractivity contribution in [3.05, 3.63) is 176 Å². The predicted octanol–water partition coefficient (Wildman–Crippen LogP) is 14.4. The predicted molar refractivity (Wildman–Crippen MR) is 225 cm³/mol. The van der Waals surface area contributed by atoms with E-state index in [1.165, 1.54) is 54.8 Å². The second kappa shape index (κ2) is 12.0. The van der Waals surface area contributed by atoms with E-state index in [4.69, 9.17) is 4.42 Å². The number of furan rings is 1. The molecule has 0 saturated heterocycles. The largest absolute Gasteiger partial charge is 0.456 e. The summed E-state index contributed by atoms with van der Waals surface area (Å²) in [6.45, 7) is 6.87. The standard InChI is InChI=1S/C50H38N2O/c1-50(2,3)52-43-20-11-9-18-40(43)41-31-29-37(32-45(41)52)51(44-21-13-23-47-49(44)42-19-10-12-22-46(42)53-47)36-27-24-34(25-28-36)39-30-26-33-14-7-8-17-38(33)48(39)35-15-5-4-6-16-35/h4-32H,1-3H3. The Bertz CT molecular complexity index is 2980. The van der Waals surface area contributed by atoms with Crippen LogP contribution in [0.3, 0.4) is 0 Å². The fraction of sp³-hybridized carbons (Fsp3) is 0.0800. The highest BCUT2D eigenvalue weighted by Crippen LogP contribution is 2.46. The summed E-state index contributed by atoms with van der Waals surface area (Å²) in [5.74, 6) is 0. The second-order valence-corrected chi connectivity index (χ2v) is 14.9. The lowest BCUT2D eigenvalue weighted by Crippen LogP contribution is -2.21. The molecule has 0 bridgehead atoms. The summed E-state index contributed by atoms with van der Waals surface area (Å²) in [5.41, 5.74) is 12.2. The van der Waals surface area contributed by atoms with E-state index in [1.54, 1.807) is 0 Å². The third kappa shape index (κ3) is 5.03. The molecule has 0 radical (unpaired) electrons. The average molecular weight is 683 g/mol. The number of hydrogen-bond donors (Lipinski definition) is 0. The van der Waals surface area contributed by atoms with Gasteiger partial charge in [0.2, 0.25) is 0 Å².